The number of ether oxygens (including phenoxy) is 2. The minimum Gasteiger partial charge on any atom is -0.388 e. The minimum absolute atomic E-state index is 0.198. The van der Waals surface area contributed by atoms with Crippen LogP contribution in [0, 0.1) is 0 Å². The quantitative estimate of drug-likeness (QED) is 0.556. The van der Waals surface area contributed by atoms with Crippen LogP contribution in [0.4, 0.5) is 0 Å². The van der Waals surface area contributed by atoms with Gasteiger partial charge in [-0.25, -0.2) is 0 Å². The van der Waals surface area contributed by atoms with Gasteiger partial charge in [-0.3, -0.25) is 4.79 Å². The maximum atomic E-state index is 10.7. The molecule has 5 nitrogen and oxygen atoms in total. The predicted molar refractivity (Wildman–Crippen MR) is 40.4 cm³/mol. The molecule has 0 saturated carbocycles. The molecular weight excluding hydrogens is 162 g/mol. The van der Waals surface area contributed by atoms with Gasteiger partial charge in [0, 0.05) is 14.0 Å². The zero-order chi connectivity index (χ0) is 9.14. The molecule has 70 valence electrons. The lowest BCUT2D eigenvalue weighted by atomic mass is 10.2. The fourth-order valence-corrected chi connectivity index (χ4v) is 1.20. The Balaban J connectivity index is 2.51. The van der Waals surface area contributed by atoms with Crippen molar-refractivity contribution in [2.75, 3.05) is 13.7 Å². The number of rotatable bonds is 2. The Morgan fingerprint density at radius 1 is 1.75 bits per heavy atom. The maximum absolute atomic E-state index is 10.7. The van der Waals surface area contributed by atoms with E-state index in [0.717, 1.165) is 0 Å². The molecule has 1 aliphatic rings. The first kappa shape index (κ1) is 9.44. The third-order valence-corrected chi connectivity index (χ3v) is 1.74. The Morgan fingerprint density at radius 2 is 2.42 bits per heavy atom. The molecule has 0 aromatic carbocycles. The highest BCUT2D eigenvalue weighted by molar-refractivity contribution is 5.73. The van der Waals surface area contributed by atoms with Gasteiger partial charge in [-0.2, -0.15) is 0 Å². The highest BCUT2D eigenvalue weighted by Crippen LogP contribution is 2.14. The lowest BCUT2D eigenvalue weighted by Gasteiger charge is -2.19. The molecule has 5 heteroatoms. The Hall–Kier alpha value is -0.650. The minimum atomic E-state index is -0.682. The van der Waals surface area contributed by atoms with Crippen LogP contribution in [-0.2, 0) is 14.3 Å². The molecule has 0 bridgehead atoms. The lowest BCUT2D eigenvalue weighted by molar-refractivity contribution is -0.126. The maximum Gasteiger partial charge on any atom is 0.217 e. The first-order chi connectivity index (χ1) is 5.65. The van der Waals surface area contributed by atoms with Gasteiger partial charge in [0.15, 0.2) is 6.29 Å². The number of aliphatic hydroxyl groups excluding tert-OH is 1. The highest BCUT2D eigenvalue weighted by Gasteiger charge is 2.36. The summed E-state index contributed by atoms with van der Waals surface area (Å²) in [6.07, 6.45) is -1.22. The number of hydrogen-bond donors (Lipinski definition) is 2. The topological polar surface area (TPSA) is 67.8 Å². The molecule has 1 saturated heterocycles. The van der Waals surface area contributed by atoms with Crippen LogP contribution in [0.1, 0.15) is 6.92 Å². The van der Waals surface area contributed by atoms with E-state index in [1.54, 1.807) is 0 Å². The molecule has 0 radical (unpaired) electrons. The number of carbonyl (C=O) groups is 1. The van der Waals surface area contributed by atoms with E-state index >= 15 is 0 Å². The molecular formula is C7H13NO4. The average Bonchev–Trinajstić information content (AvgIpc) is 2.32. The summed E-state index contributed by atoms with van der Waals surface area (Å²) in [5, 5.41) is 11.9. The average molecular weight is 175 g/mol. The smallest absolute Gasteiger partial charge is 0.217 e. The Labute approximate surface area is 70.7 Å². The fraction of sp³-hybridized carbons (Fsp3) is 0.857. The van der Waals surface area contributed by atoms with Gasteiger partial charge in [0.05, 0.1) is 6.61 Å². The molecule has 1 heterocycles. The van der Waals surface area contributed by atoms with Crippen molar-refractivity contribution in [2.45, 2.75) is 25.4 Å². The zero-order valence-electron chi connectivity index (χ0n) is 7.11. The van der Waals surface area contributed by atoms with Gasteiger partial charge in [-0.1, -0.05) is 0 Å². The van der Waals surface area contributed by atoms with Crippen molar-refractivity contribution in [3.63, 3.8) is 0 Å². The van der Waals surface area contributed by atoms with Crippen LogP contribution in [0.3, 0.4) is 0 Å². The fourth-order valence-electron chi connectivity index (χ4n) is 1.20. The Kier molecular flexibility index (Phi) is 3.02. The summed E-state index contributed by atoms with van der Waals surface area (Å²) in [7, 11) is 1.47. The first-order valence-corrected chi connectivity index (χ1v) is 3.74. The standard InChI is InChI=1S/C7H13NO4/c1-4(9)8-6-5(10)3-12-7(6)11-2/h5-7,10H,3H2,1-2H3,(H,8,9)/t5-,6-,7-/m1/s1. The van der Waals surface area contributed by atoms with E-state index in [2.05, 4.69) is 5.32 Å². The molecule has 0 aromatic heterocycles. The zero-order valence-corrected chi connectivity index (χ0v) is 7.11. The van der Waals surface area contributed by atoms with E-state index < -0.39 is 18.4 Å². The number of aliphatic hydroxyl groups is 1. The second kappa shape index (κ2) is 3.84. The highest BCUT2D eigenvalue weighted by atomic mass is 16.7. The molecule has 0 aromatic rings. The van der Waals surface area contributed by atoms with Crippen LogP contribution >= 0.6 is 0 Å². The third kappa shape index (κ3) is 1.94. The van der Waals surface area contributed by atoms with Gasteiger partial charge in [-0.05, 0) is 0 Å². The molecule has 1 aliphatic heterocycles. The SMILES string of the molecule is CO[C@@H]1OC[C@@H](O)[C@H]1NC(C)=O. The van der Waals surface area contributed by atoms with Crippen molar-refractivity contribution >= 4 is 5.91 Å². The summed E-state index contributed by atoms with van der Waals surface area (Å²) in [6, 6.07) is -0.451. The molecule has 3 atom stereocenters. The Morgan fingerprint density at radius 3 is 2.92 bits per heavy atom. The van der Waals surface area contributed by atoms with Gasteiger partial charge < -0.3 is 19.9 Å². The summed E-state index contributed by atoms with van der Waals surface area (Å²) >= 11 is 0. The van der Waals surface area contributed by atoms with Crippen molar-refractivity contribution < 1.29 is 19.4 Å². The summed E-state index contributed by atoms with van der Waals surface area (Å²) in [6.45, 7) is 1.58. The van der Waals surface area contributed by atoms with E-state index in [4.69, 9.17) is 9.47 Å². The first-order valence-electron chi connectivity index (χ1n) is 3.74. The normalized spacial score (nSPS) is 35.1. The molecule has 1 fully saturated rings. The van der Waals surface area contributed by atoms with Crippen molar-refractivity contribution in [3.05, 3.63) is 0 Å². The van der Waals surface area contributed by atoms with Crippen molar-refractivity contribution in [2.24, 2.45) is 0 Å². The van der Waals surface area contributed by atoms with Gasteiger partial charge in [-0.15, -0.1) is 0 Å². The number of amides is 1. The number of nitrogens with one attached hydrogen (secondary N) is 1. The van der Waals surface area contributed by atoms with Crippen LogP contribution in [0.15, 0.2) is 0 Å². The van der Waals surface area contributed by atoms with E-state index in [0.29, 0.717) is 0 Å². The monoisotopic (exact) mass is 175 g/mol. The number of methoxy groups -OCH3 is 1. The molecule has 12 heavy (non-hydrogen) atoms. The van der Waals surface area contributed by atoms with Crippen molar-refractivity contribution in [3.8, 4) is 0 Å². The molecule has 2 N–H and O–H groups in total. The molecule has 1 amide bonds. The van der Waals surface area contributed by atoms with Crippen molar-refractivity contribution in [1.29, 1.82) is 0 Å². The van der Waals surface area contributed by atoms with E-state index in [1.807, 2.05) is 0 Å². The van der Waals surface area contributed by atoms with Gasteiger partial charge in [0.25, 0.3) is 0 Å². The van der Waals surface area contributed by atoms with Crippen LogP contribution in [0.2, 0.25) is 0 Å². The van der Waals surface area contributed by atoms with Crippen molar-refractivity contribution in [1.82, 2.24) is 5.32 Å². The van der Waals surface area contributed by atoms with E-state index in [-0.39, 0.29) is 12.5 Å². The van der Waals surface area contributed by atoms with Crippen LogP contribution in [0.25, 0.3) is 0 Å². The molecule has 0 spiro atoms. The molecule has 0 aliphatic carbocycles. The predicted octanol–water partition coefficient (Wildman–Crippen LogP) is -1.15. The lowest BCUT2D eigenvalue weighted by Crippen LogP contribution is -2.46. The second-order valence-corrected chi connectivity index (χ2v) is 2.73. The summed E-state index contributed by atoms with van der Waals surface area (Å²) in [4.78, 5) is 10.7. The van der Waals surface area contributed by atoms with E-state index in [9.17, 15) is 9.90 Å². The largest absolute Gasteiger partial charge is 0.388 e. The summed E-state index contributed by atoms with van der Waals surface area (Å²) in [5.74, 6) is -0.202. The molecule has 1 rings (SSSR count). The van der Waals surface area contributed by atoms with Gasteiger partial charge in [0.2, 0.25) is 5.91 Å². The van der Waals surface area contributed by atoms with Crippen LogP contribution < -0.4 is 5.32 Å². The Bertz CT molecular complexity index is 173. The summed E-state index contributed by atoms with van der Waals surface area (Å²) in [5.41, 5.74) is 0. The van der Waals surface area contributed by atoms with Gasteiger partial charge in [0.1, 0.15) is 12.1 Å². The van der Waals surface area contributed by atoms with E-state index in [1.165, 1.54) is 14.0 Å². The van der Waals surface area contributed by atoms with Crippen LogP contribution in [-0.4, -0.2) is 43.2 Å². The number of hydrogen-bond acceptors (Lipinski definition) is 4. The molecule has 0 unspecified atom stereocenters. The second-order valence-electron chi connectivity index (χ2n) is 2.73. The third-order valence-electron chi connectivity index (χ3n) is 1.74. The summed E-state index contributed by atoms with van der Waals surface area (Å²) < 4.78 is 9.94. The van der Waals surface area contributed by atoms with Gasteiger partial charge >= 0.3 is 0 Å². The number of carbonyl (C=O) groups excluding carboxylic acids is 1. The van der Waals surface area contributed by atoms with Crippen LogP contribution in [0.5, 0.6) is 0 Å².